The van der Waals surface area contributed by atoms with Gasteiger partial charge in [0.15, 0.2) is 0 Å². The Labute approximate surface area is 137 Å². The van der Waals surface area contributed by atoms with Crippen molar-refractivity contribution in [2.75, 3.05) is 23.3 Å². The predicted molar refractivity (Wildman–Crippen MR) is 92.6 cm³/mol. The maximum Gasteiger partial charge on any atom is 0.265 e. The van der Waals surface area contributed by atoms with Crippen molar-refractivity contribution < 1.29 is 4.79 Å². The molecule has 0 atom stereocenters. The smallest absolute Gasteiger partial charge is 0.265 e. The molecule has 1 aromatic heterocycles. The van der Waals surface area contributed by atoms with Crippen LogP contribution in [0.25, 0.3) is 0 Å². The van der Waals surface area contributed by atoms with Gasteiger partial charge in [-0.25, -0.2) is 0 Å². The molecule has 5 heteroatoms. The summed E-state index contributed by atoms with van der Waals surface area (Å²) in [7, 11) is 0. The van der Waals surface area contributed by atoms with Crippen LogP contribution in [0.5, 0.6) is 0 Å². The molecule has 1 aliphatic rings. The zero-order valence-corrected chi connectivity index (χ0v) is 14.3. The van der Waals surface area contributed by atoms with Crippen LogP contribution in [0.2, 0.25) is 0 Å². The van der Waals surface area contributed by atoms with Crippen molar-refractivity contribution in [2.24, 2.45) is 0 Å². The fourth-order valence-electron chi connectivity index (χ4n) is 2.58. The third-order valence-corrected chi connectivity index (χ3v) is 5.35. The van der Waals surface area contributed by atoms with Crippen molar-refractivity contribution in [3.63, 3.8) is 0 Å². The van der Waals surface area contributed by atoms with E-state index in [4.69, 9.17) is 0 Å². The molecule has 1 N–H and O–H groups in total. The number of benzene rings is 1. The van der Waals surface area contributed by atoms with Crippen LogP contribution >= 0.6 is 27.3 Å². The average Bonchev–Trinajstić information content (AvgIpc) is 3.12. The van der Waals surface area contributed by atoms with Crippen LogP contribution in [0.1, 0.15) is 28.1 Å². The van der Waals surface area contributed by atoms with Gasteiger partial charge in [0.2, 0.25) is 0 Å². The van der Waals surface area contributed by atoms with E-state index in [9.17, 15) is 4.79 Å². The largest absolute Gasteiger partial charge is 0.372 e. The number of nitrogens with one attached hydrogen (secondary N) is 1. The van der Waals surface area contributed by atoms with E-state index in [1.165, 1.54) is 29.9 Å². The second-order valence-electron chi connectivity index (χ2n) is 5.25. The van der Waals surface area contributed by atoms with Crippen LogP contribution in [0, 0.1) is 6.92 Å². The SMILES string of the molecule is Cc1cc(N2CCCC2)ccc1NC(=O)c1ccc(Br)s1. The molecule has 2 aromatic rings. The first-order valence-electron chi connectivity index (χ1n) is 7.06. The third kappa shape index (κ3) is 3.30. The number of hydrogen-bond acceptors (Lipinski definition) is 3. The standard InChI is InChI=1S/C16H17BrN2OS/c1-11-10-12(19-8-2-3-9-19)4-5-13(11)18-16(20)14-6-7-15(17)21-14/h4-7,10H,2-3,8-9H2,1H3,(H,18,20). The molecule has 1 aromatic carbocycles. The lowest BCUT2D eigenvalue weighted by Crippen LogP contribution is -2.18. The summed E-state index contributed by atoms with van der Waals surface area (Å²) in [5.74, 6) is -0.0530. The van der Waals surface area contributed by atoms with Crippen molar-refractivity contribution in [1.29, 1.82) is 0 Å². The van der Waals surface area contributed by atoms with Crippen molar-refractivity contribution >= 4 is 44.5 Å². The van der Waals surface area contributed by atoms with Crippen LogP contribution in [0.3, 0.4) is 0 Å². The average molecular weight is 365 g/mol. The summed E-state index contributed by atoms with van der Waals surface area (Å²) in [4.78, 5) is 15.3. The normalized spacial score (nSPS) is 14.5. The van der Waals surface area contributed by atoms with E-state index >= 15 is 0 Å². The van der Waals surface area contributed by atoms with Gasteiger partial charge in [-0.2, -0.15) is 0 Å². The fourth-order valence-corrected chi connectivity index (χ4v) is 3.86. The van der Waals surface area contributed by atoms with Gasteiger partial charge in [0.25, 0.3) is 5.91 Å². The number of amides is 1. The molecule has 3 rings (SSSR count). The zero-order valence-electron chi connectivity index (χ0n) is 11.9. The molecule has 0 saturated carbocycles. The van der Waals surface area contributed by atoms with Gasteiger partial charge in [-0.3, -0.25) is 4.79 Å². The summed E-state index contributed by atoms with van der Waals surface area (Å²) < 4.78 is 0.966. The van der Waals surface area contributed by atoms with Gasteiger partial charge in [-0.1, -0.05) is 0 Å². The minimum Gasteiger partial charge on any atom is -0.372 e. The molecule has 3 nitrogen and oxygen atoms in total. The molecule has 0 aliphatic carbocycles. The quantitative estimate of drug-likeness (QED) is 0.857. The van der Waals surface area contributed by atoms with Gasteiger partial charge in [0.05, 0.1) is 8.66 Å². The molecule has 110 valence electrons. The predicted octanol–water partition coefficient (Wildman–Crippen LogP) is 4.67. The van der Waals surface area contributed by atoms with Crippen molar-refractivity contribution in [2.45, 2.75) is 19.8 Å². The van der Waals surface area contributed by atoms with Gasteiger partial charge < -0.3 is 10.2 Å². The van der Waals surface area contributed by atoms with Crippen molar-refractivity contribution in [1.82, 2.24) is 0 Å². The highest BCUT2D eigenvalue weighted by Crippen LogP contribution is 2.27. The molecule has 1 fully saturated rings. The molecular weight excluding hydrogens is 348 g/mol. The maximum atomic E-state index is 12.2. The molecule has 1 amide bonds. The lowest BCUT2D eigenvalue weighted by molar-refractivity contribution is 0.103. The molecule has 1 aliphatic heterocycles. The third-order valence-electron chi connectivity index (χ3n) is 3.73. The lowest BCUT2D eigenvalue weighted by atomic mass is 10.1. The summed E-state index contributed by atoms with van der Waals surface area (Å²) in [6.07, 6.45) is 2.54. The van der Waals surface area contributed by atoms with Crippen LogP contribution in [0.4, 0.5) is 11.4 Å². The number of rotatable bonds is 3. The first-order chi connectivity index (χ1) is 10.1. The topological polar surface area (TPSA) is 32.3 Å². The van der Waals surface area contributed by atoms with E-state index < -0.39 is 0 Å². The molecule has 1 saturated heterocycles. The Morgan fingerprint density at radius 1 is 1.24 bits per heavy atom. The number of hydrogen-bond donors (Lipinski definition) is 1. The second kappa shape index (κ2) is 6.20. The molecular formula is C16H17BrN2OS. The molecule has 2 heterocycles. The highest BCUT2D eigenvalue weighted by molar-refractivity contribution is 9.11. The van der Waals surface area contributed by atoms with Crippen molar-refractivity contribution in [3.8, 4) is 0 Å². The van der Waals surface area contributed by atoms with Gasteiger partial charge >= 0.3 is 0 Å². The maximum absolute atomic E-state index is 12.2. The van der Waals surface area contributed by atoms with Crippen LogP contribution in [-0.2, 0) is 0 Å². The Bertz CT molecular complexity index is 662. The van der Waals surface area contributed by atoms with Gasteiger partial charge in [0, 0.05) is 24.5 Å². The van der Waals surface area contributed by atoms with Crippen LogP contribution in [-0.4, -0.2) is 19.0 Å². The Morgan fingerprint density at radius 3 is 2.62 bits per heavy atom. The van der Waals surface area contributed by atoms with Gasteiger partial charge in [-0.05, 0) is 71.6 Å². The summed E-state index contributed by atoms with van der Waals surface area (Å²) in [5.41, 5.74) is 3.23. The number of carbonyl (C=O) groups excluding carboxylic acids is 1. The molecule has 0 bridgehead atoms. The minimum absolute atomic E-state index is 0.0530. The number of carbonyl (C=O) groups is 1. The Balaban J connectivity index is 1.75. The van der Waals surface area contributed by atoms with Crippen LogP contribution < -0.4 is 10.2 Å². The molecule has 0 unspecified atom stereocenters. The first kappa shape index (κ1) is 14.6. The Hall–Kier alpha value is -1.33. The van der Waals surface area contributed by atoms with Crippen LogP contribution in [0.15, 0.2) is 34.1 Å². The Morgan fingerprint density at radius 2 is 2.00 bits per heavy atom. The first-order valence-corrected chi connectivity index (χ1v) is 8.67. The van der Waals surface area contributed by atoms with E-state index in [-0.39, 0.29) is 5.91 Å². The number of aryl methyl sites for hydroxylation is 1. The zero-order chi connectivity index (χ0) is 14.8. The van der Waals surface area contributed by atoms with Crippen molar-refractivity contribution in [3.05, 3.63) is 44.6 Å². The van der Waals surface area contributed by atoms with E-state index in [2.05, 4.69) is 38.3 Å². The lowest BCUT2D eigenvalue weighted by Gasteiger charge is -2.19. The number of thiophene rings is 1. The summed E-state index contributed by atoms with van der Waals surface area (Å²) in [6, 6.07) is 9.98. The molecule has 21 heavy (non-hydrogen) atoms. The highest BCUT2D eigenvalue weighted by atomic mass is 79.9. The van der Waals surface area contributed by atoms with E-state index in [1.54, 1.807) is 0 Å². The monoisotopic (exact) mass is 364 g/mol. The number of nitrogens with zero attached hydrogens (tertiary/aromatic N) is 1. The van der Waals surface area contributed by atoms with Gasteiger partial charge in [0.1, 0.15) is 0 Å². The number of halogens is 1. The molecule has 0 radical (unpaired) electrons. The summed E-state index contributed by atoms with van der Waals surface area (Å²) in [6.45, 7) is 4.31. The van der Waals surface area contributed by atoms with E-state index in [0.717, 1.165) is 28.1 Å². The highest BCUT2D eigenvalue weighted by Gasteiger charge is 2.14. The Kier molecular flexibility index (Phi) is 4.31. The fraction of sp³-hybridized carbons (Fsp3) is 0.312. The second-order valence-corrected chi connectivity index (χ2v) is 7.71. The summed E-state index contributed by atoms with van der Waals surface area (Å²) >= 11 is 4.82. The molecule has 0 spiro atoms. The van der Waals surface area contributed by atoms with E-state index in [1.807, 2.05) is 25.1 Å². The minimum atomic E-state index is -0.0530. The number of anilines is 2. The van der Waals surface area contributed by atoms with E-state index in [0.29, 0.717) is 4.88 Å². The summed E-state index contributed by atoms with van der Waals surface area (Å²) in [5, 5.41) is 2.99. The van der Waals surface area contributed by atoms with Gasteiger partial charge in [-0.15, -0.1) is 11.3 Å².